The van der Waals surface area contributed by atoms with E-state index in [0.717, 1.165) is 16.4 Å². The van der Waals surface area contributed by atoms with Gasteiger partial charge in [0.25, 0.3) is 0 Å². The van der Waals surface area contributed by atoms with E-state index in [0.29, 0.717) is 10.9 Å². The molecular weight excluding hydrogens is 208 g/mol. The minimum atomic E-state index is 0.348. The molecule has 2 aromatic rings. The highest BCUT2D eigenvalue weighted by Gasteiger charge is 2.06. The van der Waals surface area contributed by atoms with Crippen LogP contribution in [-0.2, 0) is 0 Å². The van der Waals surface area contributed by atoms with E-state index in [9.17, 15) is 0 Å². The van der Waals surface area contributed by atoms with Crippen molar-refractivity contribution in [2.24, 2.45) is 0 Å². The minimum Gasteiger partial charge on any atom is -0.389 e. The van der Waals surface area contributed by atoms with Crippen molar-refractivity contribution in [3.05, 3.63) is 24.4 Å². The monoisotopic (exact) mass is 220 g/mol. The molecule has 0 amide bonds. The van der Waals surface area contributed by atoms with Gasteiger partial charge in [0.2, 0.25) is 0 Å². The molecule has 0 aliphatic carbocycles. The summed E-state index contributed by atoms with van der Waals surface area (Å²) in [5, 5.41) is 1.57. The van der Waals surface area contributed by atoms with Crippen molar-refractivity contribution in [2.75, 3.05) is 5.73 Å². The number of thiazole rings is 1. The molecule has 78 valence electrons. The Morgan fingerprint density at radius 2 is 1.80 bits per heavy atom. The molecular formula is C10H12N4S. The molecule has 15 heavy (non-hydrogen) atoms. The van der Waals surface area contributed by atoms with Crippen LogP contribution in [0, 0.1) is 0 Å². The Labute approximate surface area is 92.2 Å². The highest BCUT2D eigenvalue weighted by atomic mass is 32.1. The van der Waals surface area contributed by atoms with Gasteiger partial charge in [-0.2, -0.15) is 0 Å². The van der Waals surface area contributed by atoms with Crippen LogP contribution in [0.15, 0.2) is 18.6 Å². The van der Waals surface area contributed by atoms with Crippen LogP contribution in [-0.4, -0.2) is 15.0 Å². The third-order valence-corrected chi connectivity index (χ3v) is 2.83. The number of nitrogen functional groups attached to an aromatic ring is 1. The summed E-state index contributed by atoms with van der Waals surface area (Å²) < 4.78 is 0. The van der Waals surface area contributed by atoms with E-state index in [2.05, 4.69) is 28.8 Å². The SMILES string of the molecule is CC(C)c1ncc(-c2ncc(N)s2)cn1. The summed E-state index contributed by atoms with van der Waals surface area (Å²) in [4.78, 5) is 12.7. The summed E-state index contributed by atoms with van der Waals surface area (Å²) in [5.74, 6) is 1.20. The number of anilines is 1. The van der Waals surface area contributed by atoms with Crippen molar-refractivity contribution >= 4 is 16.3 Å². The van der Waals surface area contributed by atoms with Gasteiger partial charge in [-0.3, -0.25) is 0 Å². The second kappa shape index (κ2) is 3.94. The van der Waals surface area contributed by atoms with Crippen molar-refractivity contribution in [3.63, 3.8) is 0 Å². The summed E-state index contributed by atoms with van der Waals surface area (Å²) in [6.07, 6.45) is 5.23. The molecule has 2 rings (SSSR count). The average molecular weight is 220 g/mol. The fourth-order valence-corrected chi connectivity index (χ4v) is 1.82. The van der Waals surface area contributed by atoms with Gasteiger partial charge in [0.15, 0.2) is 0 Å². The van der Waals surface area contributed by atoms with Crippen molar-refractivity contribution in [1.82, 2.24) is 15.0 Å². The summed E-state index contributed by atoms with van der Waals surface area (Å²) in [5.41, 5.74) is 6.53. The first-order valence-corrected chi connectivity index (χ1v) is 5.52. The second-order valence-electron chi connectivity index (χ2n) is 3.55. The van der Waals surface area contributed by atoms with E-state index in [1.807, 2.05) is 0 Å². The largest absolute Gasteiger partial charge is 0.389 e. The van der Waals surface area contributed by atoms with Crippen molar-refractivity contribution in [2.45, 2.75) is 19.8 Å². The lowest BCUT2D eigenvalue weighted by molar-refractivity contribution is 0.774. The smallest absolute Gasteiger partial charge is 0.130 e. The zero-order valence-corrected chi connectivity index (χ0v) is 9.45. The van der Waals surface area contributed by atoms with Crippen LogP contribution in [0.4, 0.5) is 5.00 Å². The molecule has 0 fully saturated rings. The fraction of sp³-hybridized carbons (Fsp3) is 0.300. The fourth-order valence-electron chi connectivity index (χ4n) is 1.17. The Hall–Kier alpha value is -1.49. The highest BCUT2D eigenvalue weighted by Crippen LogP contribution is 2.25. The number of nitrogens with two attached hydrogens (primary N) is 1. The van der Waals surface area contributed by atoms with Crippen molar-refractivity contribution in [3.8, 4) is 10.6 Å². The molecule has 0 aromatic carbocycles. The third kappa shape index (κ3) is 2.12. The Morgan fingerprint density at radius 3 is 2.27 bits per heavy atom. The number of aromatic nitrogens is 3. The lowest BCUT2D eigenvalue weighted by Crippen LogP contribution is -1.96. The predicted molar refractivity (Wildman–Crippen MR) is 61.6 cm³/mol. The predicted octanol–water partition coefficient (Wildman–Crippen LogP) is 2.31. The summed E-state index contributed by atoms with van der Waals surface area (Å²) in [7, 11) is 0. The minimum absolute atomic E-state index is 0.348. The van der Waals surface area contributed by atoms with Crippen LogP contribution >= 0.6 is 11.3 Å². The van der Waals surface area contributed by atoms with E-state index in [4.69, 9.17) is 5.73 Å². The molecule has 5 heteroatoms. The Balaban J connectivity index is 2.31. The van der Waals surface area contributed by atoms with E-state index in [1.165, 1.54) is 11.3 Å². The first-order valence-electron chi connectivity index (χ1n) is 4.70. The van der Waals surface area contributed by atoms with Gasteiger partial charge in [-0.15, -0.1) is 0 Å². The first-order chi connectivity index (χ1) is 7.16. The number of hydrogen-bond acceptors (Lipinski definition) is 5. The molecule has 2 aromatic heterocycles. The Bertz CT molecular complexity index is 447. The Kier molecular flexibility index (Phi) is 2.64. The normalized spacial score (nSPS) is 10.9. The molecule has 0 atom stereocenters. The third-order valence-electron chi connectivity index (χ3n) is 1.96. The molecule has 4 nitrogen and oxygen atoms in total. The lowest BCUT2D eigenvalue weighted by atomic mass is 10.2. The maximum atomic E-state index is 5.61. The van der Waals surface area contributed by atoms with Crippen LogP contribution in [0.5, 0.6) is 0 Å². The van der Waals surface area contributed by atoms with Crippen molar-refractivity contribution in [1.29, 1.82) is 0 Å². The maximum absolute atomic E-state index is 5.61. The molecule has 0 spiro atoms. The first kappa shape index (κ1) is 10.0. The average Bonchev–Trinajstić information content (AvgIpc) is 2.65. The standard InChI is InChI=1S/C10H12N4S/c1-6(2)9-12-3-7(4-13-9)10-14-5-8(11)15-10/h3-6H,11H2,1-2H3. The van der Waals surface area contributed by atoms with Gasteiger partial charge >= 0.3 is 0 Å². The zero-order valence-electron chi connectivity index (χ0n) is 8.64. The van der Waals surface area contributed by atoms with Crippen LogP contribution < -0.4 is 5.73 Å². The van der Waals surface area contributed by atoms with Crippen LogP contribution in [0.1, 0.15) is 25.6 Å². The lowest BCUT2D eigenvalue weighted by Gasteiger charge is -2.02. The molecule has 0 unspecified atom stereocenters. The van der Waals surface area contributed by atoms with E-state index in [-0.39, 0.29) is 0 Å². The van der Waals surface area contributed by atoms with Gasteiger partial charge in [0, 0.05) is 23.9 Å². The van der Waals surface area contributed by atoms with E-state index >= 15 is 0 Å². The zero-order chi connectivity index (χ0) is 10.8. The van der Waals surface area contributed by atoms with Crippen molar-refractivity contribution < 1.29 is 0 Å². The molecule has 0 aliphatic heterocycles. The molecule has 0 aliphatic rings. The number of nitrogens with zero attached hydrogens (tertiary/aromatic N) is 3. The number of rotatable bonds is 2. The molecule has 0 radical (unpaired) electrons. The molecule has 2 heterocycles. The van der Waals surface area contributed by atoms with Gasteiger partial charge in [-0.05, 0) is 0 Å². The highest BCUT2D eigenvalue weighted by molar-refractivity contribution is 7.18. The van der Waals surface area contributed by atoms with Crippen LogP contribution in [0.3, 0.4) is 0 Å². The summed E-state index contributed by atoms with van der Waals surface area (Å²) in [6, 6.07) is 0. The number of hydrogen-bond donors (Lipinski definition) is 1. The van der Waals surface area contributed by atoms with E-state index < -0.39 is 0 Å². The van der Waals surface area contributed by atoms with Gasteiger partial charge in [0.05, 0.1) is 6.20 Å². The second-order valence-corrected chi connectivity index (χ2v) is 4.61. The molecule has 0 bridgehead atoms. The molecule has 0 saturated heterocycles. The van der Waals surface area contributed by atoms with E-state index in [1.54, 1.807) is 18.6 Å². The molecule has 2 N–H and O–H groups in total. The van der Waals surface area contributed by atoms with Gasteiger partial charge in [-0.1, -0.05) is 25.2 Å². The Morgan fingerprint density at radius 1 is 1.13 bits per heavy atom. The van der Waals surface area contributed by atoms with Gasteiger partial charge < -0.3 is 5.73 Å². The van der Waals surface area contributed by atoms with Gasteiger partial charge in [-0.25, -0.2) is 15.0 Å². The summed E-state index contributed by atoms with van der Waals surface area (Å²) in [6.45, 7) is 4.13. The maximum Gasteiger partial charge on any atom is 0.130 e. The van der Waals surface area contributed by atoms with Crippen LogP contribution in [0.2, 0.25) is 0 Å². The quantitative estimate of drug-likeness (QED) is 0.843. The van der Waals surface area contributed by atoms with Crippen LogP contribution in [0.25, 0.3) is 10.6 Å². The van der Waals surface area contributed by atoms with Gasteiger partial charge in [0.1, 0.15) is 15.8 Å². The summed E-state index contributed by atoms with van der Waals surface area (Å²) >= 11 is 1.44. The molecule has 0 saturated carbocycles. The topological polar surface area (TPSA) is 64.7 Å².